The summed E-state index contributed by atoms with van der Waals surface area (Å²) in [7, 11) is 0. The van der Waals surface area contributed by atoms with Gasteiger partial charge in [-0.2, -0.15) is 0 Å². The summed E-state index contributed by atoms with van der Waals surface area (Å²) in [4.78, 5) is 24.0. The number of rotatable bonds is 10. The third kappa shape index (κ3) is 4.83. The molecule has 3 aliphatic carbocycles. The highest BCUT2D eigenvalue weighted by Crippen LogP contribution is 2.70. The molecular formula is C30H46O6. The predicted octanol–water partition coefficient (Wildman–Crippen LogP) is 5.75. The van der Waals surface area contributed by atoms with E-state index < -0.39 is 46.3 Å². The fraction of sp³-hybridized carbons (Fsp3) is 0.733. The molecule has 1 fully saturated rings. The number of aliphatic hydroxyl groups is 2. The van der Waals surface area contributed by atoms with Crippen molar-refractivity contribution in [3.05, 3.63) is 35.5 Å². The van der Waals surface area contributed by atoms with Crippen LogP contribution in [0.4, 0.5) is 0 Å². The van der Waals surface area contributed by atoms with Gasteiger partial charge in [-0.25, -0.2) is 0 Å². The van der Waals surface area contributed by atoms with Gasteiger partial charge in [-0.3, -0.25) is 9.59 Å². The van der Waals surface area contributed by atoms with Gasteiger partial charge in [0.05, 0.1) is 17.6 Å². The molecule has 0 heterocycles. The Morgan fingerprint density at radius 2 is 1.81 bits per heavy atom. The fourth-order valence-corrected chi connectivity index (χ4v) is 7.97. The number of allylic oxidation sites excluding steroid dienone is 5. The van der Waals surface area contributed by atoms with Gasteiger partial charge in [-0.05, 0) is 93.6 Å². The second kappa shape index (κ2) is 9.75. The van der Waals surface area contributed by atoms with Gasteiger partial charge in [-0.15, -0.1) is 0 Å². The highest BCUT2D eigenvalue weighted by molar-refractivity contribution is 5.71. The number of aliphatic carboxylic acids is 2. The van der Waals surface area contributed by atoms with E-state index in [0.29, 0.717) is 38.5 Å². The number of fused-ring (bicyclic) bond motifs is 3. The maximum absolute atomic E-state index is 12.5. The van der Waals surface area contributed by atoms with Crippen LogP contribution in [0.25, 0.3) is 0 Å². The topological polar surface area (TPSA) is 115 Å². The average molecular weight is 503 g/mol. The van der Waals surface area contributed by atoms with Crippen molar-refractivity contribution in [1.29, 1.82) is 0 Å². The highest BCUT2D eigenvalue weighted by atomic mass is 16.4. The molecule has 202 valence electrons. The Morgan fingerprint density at radius 1 is 1.17 bits per heavy atom. The van der Waals surface area contributed by atoms with E-state index in [2.05, 4.69) is 39.5 Å². The van der Waals surface area contributed by atoms with Crippen molar-refractivity contribution in [2.45, 2.75) is 105 Å². The molecule has 7 atom stereocenters. The van der Waals surface area contributed by atoms with Gasteiger partial charge in [0.25, 0.3) is 0 Å². The van der Waals surface area contributed by atoms with Gasteiger partial charge in [0.1, 0.15) is 0 Å². The summed E-state index contributed by atoms with van der Waals surface area (Å²) in [6.07, 6.45) is 7.69. The summed E-state index contributed by atoms with van der Waals surface area (Å²) < 4.78 is 0. The van der Waals surface area contributed by atoms with Crippen LogP contribution < -0.4 is 0 Å². The van der Waals surface area contributed by atoms with Gasteiger partial charge in [0, 0.05) is 17.8 Å². The second-order valence-corrected chi connectivity index (χ2v) is 13.1. The molecule has 3 rings (SSSR count). The molecule has 0 spiro atoms. The van der Waals surface area contributed by atoms with Crippen LogP contribution in [0, 0.1) is 34.0 Å². The van der Waals surface area contributed by atoms with E-state index in [1.165, 1.54) is 0 Å². The molecule has 36 heavy (non-hydrogen) atoms. The lowest BCUT2D eigenvalue weighted by atomic mass is 9.48. The SMILES string of the molecule is C=C(C)[C@@H]1CC=C2C(=CC[C@]3(C)[C@@H]([C@@H](CCCC(C)(C)O)C(=O)O)[C@H](O)C[C@@]23C)[C@@]1(C)CCC(=O)O. The Hall–Kier alpha value is -1.92. The first-order valence-corrected chi connectivity index (χ1v) is 13.4. The standard InChI is InChI=1S/C30H46O6/c1-18(2)20-10-11-22-21(28(20,5)15-13-24(32)33)12-16-29(6)25(23(31)17-30(22,29)7)19(26(34)35)9-8-14-27(3,4)36/h11-12,19-20,23,25,31,36H,1,8-10,13-17H2,2-7H3,(H,32,33)(H,34,35)/t19-,20+,23-,25+,28+,29-,30+/m1/s1. The molecule has 0 saturated heterocycles. The van der Waals surface area contributed by atoms with Crippen molar-refractivity contribution < 1.29 is 30.0 Å². The molecule has 0 amide bonds. The van der Waals surface area contributed by atoms with E-state index in [-0.39, 0.29) is 17.8 Å². The minimum atomic E-state index is -0.888. The smallest absolute Gasteiger partial charge is 0.306 e. The molecule has 0 bridgehead atoms. The van der Waals surface area contributed by atoms with Crippen molar-refractivity contribution in [2.24, 2.45) is 34.0 Å². The van der Waals surface area contributed by atoms with E-state index >= 15 is 0 Å². The van der Waals surface area contributed by atoms with Crippen LogP contribution >= 0.6 is 0 Å². The van der Waals surface area contributed by atoms with Gasteiger partial charge < -0.3 is 20.4 Å². The molecule has 0 aromatic heterocycles. The molecule has 3 aliphatic rings. The Morgan fingerprint density at radius 3 is 2.33 bits per heavy atom. The summed E-state index contributed by atoms with van der Waals surface area (Å²) in [5.74, 6) is -2.68. The lowest BCUT2D eigenvalue weighted by molar-refractivity contribution is -0.148. The van der Waals surface area contributed by atoms with Gasteiger partial charge in [0.15, 0.2) is 0 Å². The summed E-state index contributed by atoms with van der Waals surface area (Å²) in [6.45, 7) is 16.1. The van der Waals surface area contributed by atoms with E-state index in [1.807, 2.05) is 6.92 Å². The zero-order valence-electron chi connectivity index (χ0n) is 22.9. The number of carboxylic acid groups (broad SMARTS) is 2. The third-order valence-corrected chi connectivity index (χ3v) is 10.1. The molecule has 4 N–H and O–H groups in total. The fourth-order valence-electron chi connectivity index (χ4n) is 7.97. The summed E-state index contributed by atoms with van der Waals surface area (Å²) in [5.41, 5.74) is 1.25. The molecule has 0 aromatic carbocycles. The number of aliphatic hydroxyl groups excluding tert-OH is 1. The zero-order chi connectivity index (χ0) is 27.3. The van der Waals surface area contributed by atoms with Crippen molar-refractivity contribution >= 4 is 11.9 Å². The minimum Gasteiger partial charge on any atom is -0.481 e. The van der Waals surface area contributed by atoms with Crippen LogP contribution in [0.5, 0.6) is 0 Å². The van der Waals surface area contributed by atoms with Crippen LogP contribution in [0.3, 0.4) is 0 Å². The van der Waals surface area contributed by atoms with Crippen molar-refractivity contribution in [3.8, 4) is 0 Å². The summed E-state index contributed by atoms with van der Waals surface area (Å²) in [6, 6.07) is 0. The van der Waals surface area contributed by atoms with E-state index in [4.69, 9.17) is 0 Å². The molecule has 0 aliphatic heterocycles. The first-order valence-electron chi connectivity index (χ1n) is 13.4. The molecule has 1 saturated carbocycles. The van der Waals surface area contributed by atoms with Gasteiger partial charge in [-0.1, -0.05) is 45.1 Å². The van der Waals surface area contributed by atoms with Crippen molar-refractivity contribution in [3.63, 3.8) is 0 Å². The van der Waals surface area contributed by atoms with Crippen LogP contribution in [0.1, 0.15) is 92.9 Å². The lowest BCUT2D eigenvalue weighted by Gasteiger charge is -2.56. The Labute approximate surface area is 216 Å². The molecular weight excluding hydrogens is 456 g/mol. The first kappa shape index (κ1) is 28.6. The van der Waals surface area contributed by atoms with Crippen molar-refractivity contribution in [1.82, 2.24) is 0 Å². The van der Waals surface area contributed by atoms with Crippen LogP contribution in [0.15, 0.2) is 35.5 Å². The first-order chi connectivity index (χ1) is 16.5. The molecule has 0 aromatic rings. The van der Waals surface area contributed by atoms with E-state index in [9.17, 15) is 30.0 Å². The second-order valence-electron chi connectivity index (χ2n) is 13.1. The van der Waals surface area contributed by atoms with Crippen LogP contribution in [-0.2, 0) is 9.59 Å². The molecule has 6 heteroatoms. The van der Waals surface area contributed by atoms with Crippen molar-refractivity contribution in [2.75, 3.05) is 0 Å². The maximum atomic E-state index is 12.5. The van der Waals surface area contributed by atoms with Crippen LogP contribution in [0.2, 0.25) is 0 Å². The molecule has 0 radical (unpaired) electrons. The van der Waals surface area contributed by atoms with Gasteiger partial charge in [0.2, 0.25) is 0 Å². The lowest BCUT2D eigenvalue weighted by Crippen LogP contribution is -2.48. The number of hydrogen-bond donors (Lipinski definition) is 4. The normalized spacial score (nSPS) is 36.8. The number of hydrogen-bond acceptors (Lipinski definition) is 4. The Balaban J connectivity index is 2.03. The summed E-state index contributed by atoms with van der Waals surface area (Å²) in [5, 5.41) is 41.2. The van der Waals surface area contributed by atoms with Crippen LogP contribution in [-0.4, -0.2) is 44.1 Å². The Bertz CT molecular complexity index is 970. The third-order valence-electron chi connectivity index (χ3n) is 10.1. The number of carbonyl (C=O) groups is 2. The molecule has 0 unspecified atom stereocenters. The zero-order valence-corrected chi connectivity index (χ0v) is 22.9. The van der Waals surface area contributed by atoms with E-state index in [1.54, 1.807) is 13.8 Å². The predicted molar refractivity (Wildman–Crippen MR) is 140 cm³/mol. The average Bonchev–Trinajstić information content (AvgIpc) is 2.94. The quantitative estimate of drug-likeness (QED) is 0.283. The monoisotopic (exact) mass is 502 g/mol. The Kier molecular flexibility index (Phi) is 7.76. The van der Waals surface area contributed by atoms with E-state index in [0.717, 1.165) is 23.1 Å². The highest BCUT2D eigenvalue weighted by Gasteiger charge is 2.65. The largest absolute Gasteiger partial charge is 0.481 e. The molecule has 6 nitrogen and oxygen atoms in total. The maximum Gasteiger partial charge on any atom is 0.306 e. The minimum absolute atomic E-state index is 0.0758. The van der Waals surface area contributed by atoms with Gasteiger partial charge >= 0.3 is 11.9 Å². The number of carboxylic acids is 2. The summed E-state index contributed by atoms with van der Waals surface area (Å²) >= 11 is 0.